The first-order valence-electron chi connectivity index (χ1n) is 12.7. The van der Waals surface area contributed by atoms with Crippen LogP contribution in [0, 0.1) is 0 Å². The Kier molecular flexibility index (Phi) is 6.84. The van der Waals surface area contributed by atoms with E-state index in [0.29, 0.717) is 29.1 Å². The van der Waals surface area contributed by atoms with Crippen molar-refractivity contribution in [3.63, 3.8) is 0 Å². The van der Waals surface area contributed by atoms with E-state index < -0.39 is 5.54 Å². The molecule has 192 valence electrons. The number of fused-ring (bicyclic) bond motifs is 1. The first-order chi connectivity index (χ1) is 19.2. The Labute approximate surface area is 231 Å². The predicted octanol–water partition coefficient (Wildman–Crippen LogP) is 7.00. The van der Waals surface area contributed by atoms with Crippen molar-refractivity contribution in [3.8, 4) is 5.88 Å². The Bertz CT molecular complexity index is 1590. The van der Waals surface area contributed by atoms with Crippen LogP contribution in [0.15, 0.2) is 127 Å². The Balaban J connectivity index is 1.70. The van der Waals surface area contributed by atoms with Gasteiger partial charge in [0.25, 0.3) is 0 Å². The first-order valence-corrected chi connectivity index (χ1v) is 13.1. The van der Waals surface area contributed by atoms with Gasteiger partial charge in [0.2, 0.25) is 5.88 Å². The lowest BCUT2D eigenvalue weighted by atomic mass is 9.77. The molecule has 39 heavy (non-hydrogen) atoms. The van der Waals surface area contributed by atoms with Crippen LogP contribution < -0.4 is 4.74 Å². The molecule has 0 aliphatic carbocycles. The Morgan fingerprint density at radius 1 is 0.718 bits per heavy atom. The van der Waals surface area contributed by atoms with Gasteiger partial charge in [-0.3, -0.25) is 0 Å². The minimum absolute atomic E-state index is 0.269. The van der Waals surface area contributed by atoms with Crippen molar-refractivity contribution in [1.82, 2.24) is 14.8 Å². The number of aromatic nitrogens is 3. The number of hydrogen-bond donors (Lipinski definition) is 1. The number of benzene rings is 4. The van der Waals surface area contributed by atoms with Gasteiger partial charge in [-0.05, 0) is 22.3 Å². The molecule has 0 amide bonds. The Hall–Kier alpha value is -4.45. The molecule has 6 aromatic rings. The molecule has 0 atom stereocenters. The predicted molar refractivity (Wildman–Crippen MR) is 154 cm³/mol. The molecule has 0 saturated heterocycles. The minimum Gasteiger partial charge on any atom is -0.471 e. The molecular formula is C33H26ClN3O2. The van der Waals surface area contributed by atoms with Gasteiger partial charge in [0, 0.05) is 6.07 Å². The second-order valence-corrected chi connectivity index (χ2v) is 9.63. The van der Waals surface area contributed by atoms with Gasteiger partial charge < -0.3 is 9.84 Å². The maximum atomic E-state index is 10.3. The lowest BCUT2D eigenvalue weighted by molar-refractivity contribution is 0.275. The fourth-order valence-corrected chi connectivity index (χ4v) is 5.45. The van der Waals surface area contributed by atoms with Crippen LogP contribution in [0.2, 0.25) is 5.15 Å². The van der Waals surface area contributed by atoms with Crippen LogP contribution in [0.4, 0.5) is 0 Å². The summed E-state index contributed by atoms with van der Waals surface area (Å²) in [7, 11) is 0. The zero-order valence-electron chi connectivity index (χ0n) is 21.1. The van der Waals surface area contributed by atoms with E-state index in [2.05, 4.69) is 41.4 Å². The van der Waals surface area contributed by atoms with Gasteiger partial charge in [-0.15, -0.1) is 5.10 Å². The van der Waals surface area contributed by atoms with Gasteiger partial charge in [-0.25, -0.2) is 9.67 Å². The third-order valence-electron chi connectivity index (χ3n) is 6.94. The highest BCUT2D eigenvalue weighted by Gasteiger charge is 2.41. The average molecular weight is 532 g/mol. The number of aliphatic hydroxyl groups is 1. The molecule has 0 saturated carbocycles. The topological polar surface area (TPSA) is 60.2 Å². The molecule has 0 aliphatic heterocycles. The number of halogens is 1. The summed E-state index contributed by atoms with van der Waals surface area (Å²) in [5.41, 5.74) is 4.29. The van der Waals surface area contributed by atoms with Crippen LogP contribution in [0.1, 0.15) is 27.9 Å². The van der Waals surface area contributed by atoms with Crippen LogP contribution in [0.25, 0.3) is 10.9 Å². The number of pyridine rings is 1. The van der Waals surface area contributed by atoms with Crippen molar-refractivity contribution >= 4 is 22.5 Å². The number of rotatable bonds is 8. The van der Waals surface area contributed by atoms with Crippen molar-refractivity contribution in [2.75, 3.05) is 0 Å². The van der Waals surface area contributed by atoms with Crippen molar-refractivity contribution in [2.45, 2.75) is 18.8 Å². The van der Waals surface area contributed by atoms with Crippen LogP contribution in [-0.4, -0.2) is 19.9 Å². The third-order valence-corrected chi connectivity index (χ3v) is 7.13. The van der Waals surface area contributed by atoms with Crippen molar-refractivity contribution in [2.24, 2.45) is 0 Å². The highest BCUT2D eigenvalue weighted by molar-refractivity contribution is 6.30. The summed E-state index contributed by atoms with van der Waals surface area (Å²) in [5, 5.41) is 16.4. The Morgan fingerprint density at radius 3 is 1.69 bits per heavy atom. The van der Waals surface area contributed by atoms with E-state index >= 15 is 0 Å². The molecule has 0 spiro atoms. The molecule has 5 nitrogen and oxygen atoms in total. The molecule has 2 aromatic heterocycles. The highest BCUT2D eigenvalue weighted by atomic mass is 35.5. The third kappa shape index (κ3) is 4.46. The molecule has 1 N–H and O–H groups in total. The van der Waals surface area contributed by atoms with Gasteiger partial charge in [0.05, 0.1) is 23.2 Å². The highest BCUT2D eigenvalue weighted by Crippen LogP contribution is 2.44. The smallest absolute Gasteiger partial charge is 0.243 e. The SMILES string of the molecule is OCc1nc(Cl)cc2c1c(OCc1ccccc1)nn2C(c1ccccc1)(c1ccccc1)c1ccccc1. The normalized spacial score (nSPS) is 11.5. The summed E-state index contributed by atoms with van der Waals surface area (Å²) in [6.07, 6.45) is 0. The van der Waals surface area contributed by atoms with E-state index in [-0.39, 0.29) is 11.8 Å². The fraction of sp³-hybridized carbons (Fsp3) is 0.0909. The molecule has 4 aromatic carbocycles. The molecular weight excluding hydrogens is 506 g/mol. The molecule has 6 rings (SSSR count). The van der Waals surface area contributed by atoms with Crippen molar-refractivity contribution in [1.29, 1.82) is 0 Å². The zero-order chi connectivity index (χ0) is 26.7. The van der Waals surface area contributed by atoms with Crippen molar-refractivity contribution < 1.29 is 9.84 Å². The van der Waals surface area contributed by atoms with Gasteiger partial charge in [-0.2, -0.15) is 0 Å². The maximum Gasteiger partial charge on any atom is 0.243 e. The first kappa shape index (κ1) is 24.9. The molecule has 6 heteroatoms. The van der Waals surface area contributed by atoms with E-state index in [1.807, 2.05) is 89.6 Å². The van der Waals surface area contributed by atoms with Crippen LogP contribution in [-0.2, 0) is 18.8 Å². The van der Waals surface area contributed by atoms with Gasteiger partial charge >= 0.3 is 0 Å². The number of hydrogen-bond acceptors (Lipinski definition) is 4. The second-order valence-electron chi connectivity index (χ2n) is 9.24. The van der Waals surface area contributed by atoms with Gasteiger partial charge in [0.15, 0.2) is 0 Å². The lowest BCUT2D eigenvalue weighted by Gasteiger charge is -2.36. The summed E-state index contributed by atoms with van der Waals surface area (Å²) in [4.78, 5) is 4.43. The summed E-state index contributed by atoms with van der Waals surface area (Å²) in [5.74, 6) is 0.384. The van der Waals surface area contributed by atoms with Crippen LogP contribution in [0.3, 0.4) is 0 Å². The van der Waals surface area contributed by atoms with E-state index in [1.54, 1.807) is 6.07 Å². The molecule has 2 heterocycles. The summed E-state index contributed by atoms with van der Waals surface area (Å²) < 4.78 is 8.31. The van der Waals surface area contributed by atoms with Gasteiger partial charge in [-0.1, -0.05) is 133 Å². The second kappa shape index (κ2) is 10.7. The lowest BCUT2D eigenvalue weighted by Crippen LogP contribution is -2.38. The van der Waals surface area contributed by atoms with E-state index in [4.69, 9.17) is 21.4 Å². The summed E-state index contributed by atoms with van der Waals surface area (Å²) in [6, 6.07) is 42.5. The average Bonchev–Trinajstić information content (AvgIpc) is 3.36. The monoisotopic (exact) mass is 531 g/mol. The van der Waals surface area contributed by atoms with Gasteiger partial charge in [0.1, 0.15) is 17.3 Å². The molecule has 0 aliphatic rings. The summed E-state index contributed by atoms with van der Waals surface area (Å²) in [6.45, 7) is 0.00885. The number of nitrogens with zero attached hydrogens (tertiary/aromatic N) is 3. The molecule has 0 fully saturated rings. The zero-order valence-corrected chi connectivity index (χ0v) is 21.9. The fourth-order valence-electron chi connectivity index (χ4n) is 5.25. The maximum absolute atomic E-state index is 10.3. The van der Waals surface area contributed by atoms with E-state index in [1.165, 1.54) is 0 Å². The largest absolute Gasteiger partial charge is 0.471 e. The number of ether oxygens (including phenoxy) is 1. The Morgan fingerprint density at radius 2 is 1.21 bits per heavy atom. The van der Waals surface area contributed by atoms with Crippen LogP contribution in [0.5, 0.6) is 5.88 Å². The van der Waals surface area contributed by atoms with Crippen molar-refractivity contribution in [3.05, 3.63) is 160 Å². The molecule has 0 bridgehead atoms. The van der Waals surface area contributed by atoms with E-state index in [9.17, 15) is 5.11 Å². The quantitative estimate of drug-likeness (QED) is 0.170. The number of aliphatic hydroxyl groups excluding tert-OH is 1. The molecule has 0 unspecified atom stereocenters. The molecule has 0 radical (unpaired) electrons. The summed E-state index contributed by atoms with van der Waals surface area (Å²) >= 11 is 6.54. The standard InChI is InChI=1S/C33H26ClN3O2/c34-30-21-29-31(28(22-38)35-30)32(39-23-24-13-5-1-6-14-24)36-37(29)33(25-15-7-2-8-16-25,26-17-9-3-10-18-26)27-19-11-4-12-20-27/h1-21,38H,22-23H2. The van der Waals surface area contributed by atoms with E-state index in [0.717, 1.165) is 22.3 Å². The van der Waals surface area contributed by atoms with Crippen LogP contribution >= 0.6 is 11.6 Å². The minimum atomic E-state index is -0.881.